The van der Waals surface area contributed by atoms with Crippen molar-refractivity contribution in [1.29, 1.82) is 0 Å². The zero-order chi connectivity index (χ0) is 30.9. The molecule has 0 spiro atoms. The fourth-order valence-corrected chi connectivity index (χ4v) is 7.69. The maximum Gasteiger partial charge on any atom is 0.0547 e. The van der Waals surface area contributed by atoms with Gasteiger partial charge in [-0.2, -0.15) is 0 Å². The number of hydrogen-bond donors (Lipinski definition) is 0. The van der Waals surface area contributed by atoms with Crippen LogP contribution >= 0.6 is 0 Å². The van der Waals surface area contributed by atoms with Crippen molar-refractivity contribution in [2.24, 2.45) is 0 Å². The molecule has 1 nitrogen and oxygen atoms in total. The van der Waals surface area contributed by atoms with Crippen LogP contribution in [-0.2, 0) is 0 Å². The zero-order valence-electron chi connectivity index (χ0n) is 25.7. The summed E-state index contributed by atoms with van der Waals surface area (Å²) in [7, 11) is 0. The third-order valence-corrected chi connectivity index (χ3v) is 9.92. The van der Waals surface area contributed by atoms with Crippen LogP contribution in [0.25, 0.3) is 92.8 Å². The first-order valence-corrected chi connectivity index (χ1v) is 16.3. The van der Waals surface area contributed by atoms with E-state index in [0.29, 0.717) is 0 Å². The van der Waals surface area contributed by atoms with Crippen LogP contribution in [0, 0.1) is 0 Å². The quantitative estimate of drug-likeness (QED) is 0.179. The van der Waals surface area contributed by atoms with Gasteiger partial charge in [0.2, 0.25) is 0 Å². The van der Waals surface area contributed by atoms with E-state index in [1.807, 2.05) is 0 Å². The third kappa shape index (κ3) is 4.03. The molecule has 218 valence electrons. The minimum absolute atomic E-state index is 1.18. The Kier molecular flexibility index (Phi) is 5.64. The van der Waals surface area contributed by atoms with Crippen molar-refractivity contribution in [3.8, 4) is 27.9 Å². The molecule has 1 heteroatoms. The Balaban J connectivity index is 1.20. The molecule has 0 radical (unpaired) electrons. The maximum absolute atomic E-state index is 2.43. The molecule has 0 amide bonds. The smallest absolute Gasteiger partial charge is 0.0547 e. The van der Waals surface area contributed by atoms with Gasteiger partial charge in [0.25, 0.3) is 0 Å². The standard InChI is InChI=1S/C46H29N/c1-3-11-30(12-4-1)31-19-20-33-26-34(22-21-32(33)25-31)35-23-24-39-41(27-35)37-15-7-8-16-38(37)43-29-46-44(28-42(39)43)40-17-9-10-18-45(40)47(46)36-13-5-2-6-14-36/h1-29H. The van der Waals surface area contributed by atoms with E-state index in [0.717, 1.165) is 0 Å². The Labute approximate surface area is 272 Å². The summed E-state index contributed by atoms with van der Waals surface area (Å²) < 4.78 is 2.41. The highest BCUT2D eigenvalue weighted by atomic mass is 15.0. The van der Waals surface area contributed by atoms with Gasteiger partial charge < -0.3 is 4.57 Å². The van der Waals surface area contributed by atoms with Crippen molar-refractivity contribution in [3.63, 3.8) is 0 Å². The van der Waals surface area contributed by atoms with E-state index in [9.17, 15) is 0 Å². The average Bonchev–Trinajstić information content (AvgIpc) is 3.47. The average molecular weight is 596 g/mol. The number of aromatic nitrogens is 1. The fourth-order valence-electron chi connectivity index (χ4n) is 7.69. The van der Waals surface area contributed by atoms with Crippen molar-refractivity contribution < 1.29 is 0 Å². The van der Waals surface area contributed by atoms with Crippen LogP contribution in [0.1, 0.15) is 0 Å². The second-order valence-corrected chi connectivity index (χ2v) is 12.6. The van der Waals surface area contributed by atoms with Gasteiger partial charge >= 0.3 is 0 Å². The maximum atomic E-state index is 2.43. The lowest BCUT2D eigenvalue weighted by Crippen LogP contribution is -1.93. The Hall–Kier alpha value is -6.18. The summed E-state index contributed by atoms with van der Waals surface area (Å²) in [6.45, 7) is 0. The predicted molar refractivity (Wildman–Crippen MR) is 202 cm³/mol. The SMILES string of the molecule is c1ccc(-c2ccc3cc(-c4ccc5c(c4)c4ccccc4c4cc6c(cc54)c4ccccc4n6-c4ccccc4)ccc3c2)cc1. The minimum atomic E-state index is 1.18. The van der Waals surface area contributed by atoms with Gasteiger partial charge in [-0.25, -0.2) is 0 Å². The zero-order valence-corrected chi connectivity index (χ0v) is 25.7. The first-order valence-electron chi connectivity index (χ1n) is 16.3. The Morgan fingerprint density at radius 1 is 0.255 bits per heavy atom. The summed E-state index contributed by atoms with van der Waals surface area (Å²) in [5, 5.41) is 12.8. The summed E-state index contributed by atoms with van der Waals surface area (Å²) in [4.78, 5) is 0. The summed E-state index contributed by atoms with van der Waals surface area (Å²) in [5.74, 6) is 0. The lowest BCUT2D eigenvalue weighted by Gasteiger charge is -2.14. The molecule has 47 heavy (non-hydrogen) atoms. The molecule has 0 aliphatic rings. The first kappa shape index (κ1) is 26.1. The molecule has 0 aliphatic heterocycles. The predicted octanol–water partition coefficient (Wildman–Crippen LogP) is 12.7. The highest BCUT2D eigenvalue weighted by Crippen LogP contribution is 2.42. The van der Waals surface area contributed by atoms with Crippen molar-refractivity contribution in [1.82, 2.24) is 4.57 Å². The van der Waals surface area contributed by atoms with Crippen LogP contribution in [0.5, 0.6) is 0 Å². The van der Waals surface area contributed by atoms with Crippen molar-refractivity contribution in [2.45, 2.75) is 0 Å². The van der Waals surface area contributed by atoms with Gasteiger partial charge in [0, 0.05) is 16.5 Å². The number of benzene rings is 9. The molecule has 0 atom stereocenters. The van der Waals surface area contributed by atoms with E-state index >= 15 is 0 Å². The number of nitrogens with zero attached hydrogens (tertiary/aromatic N) is 1. The van der Waals surface area contributed by atoms with E-state index < -0.39 is 0 Å². The number of hydrogen-bond acceptors (Lipinski definition) is 0. The molecule has 0 unspecified atom stereocenters. The lowest BCUT2D eigenvalue weighted by molar-refractivity contribution is 1.18. The molecule has 0 fully saturated rings. The molecule has 0 bridgehead atoms. The van der Waals surface area contributed by atoms with Crippen molar-refractivity contribution in [2.75, 3.05) is 0 Å². The van der Waals surface area contributed by atoms with Gasteiger partial charge in [-0.05, 0) is 114 Å². The molecule has 9 aromatic carbocycles. The monoisotopic (exact) mass is 595 g/mol. The Bertz CT molecular complexity index is 2820. The Morgan fingerprint density at radius 2 is 0.766 bits per heavy atom. The van der Waals surface area contributed by atoms with E-state index in [4.69, 9.17) is 0 Å². The third-order valence-electron chi connectivity index (χ3n) is 9.92. The van der Waals surface area contributed by atoms with E-state index in [1.165, 1.54) is 92.8 Å². The Morgan fingerprint density at radius 3 is 1.49 bits per heavy atom. The largest absolute Gasteiger partial charge is 0.309 e. The van der Waals surface area contributed by atoms with Crippen LogP contribution in [0.15, 0.2) is 176 Å². The molecule has 1 aromatic heterocycles. The minimum Gasteiger partial charge on any atom is -0.309 e. The molecule has 0 aliphatic carbocycles. The molecule has 10 aromatic rings. The van der Waals surface area contributed by atoms with Crippen LogP contribution in [0.2, 0.25) is 0 Å². The van der Waals surface area contributed by atoms with E-state index in [2.05, 4.69) is 180 Å². The van der Waals surface area contributed by atoms with E-state index in [1.54, 1.807) is 0 Å². The molecule has 0 saturated heterocycles. The topological polar surface area (TPSA) is 4.93 Å². The summed E-state index contributed by atoms with van der Waals surface area (Å²) >= 11 is 0. The first-order chi connectivity index (χ1) is 23.3. The van der Waals surface area contributed by atoms with Gasteiger partial charge in [-0.3, -0.25) is 0 Å². The number of fused-ring (bicyclic) bond motifs is 10. The van der Waals surface area contributed by atoms with E-state index in [-0.39, 0.29) is 0 Å². The highest BCUT2D eigenvalue weighted by molar-refractivity contribution is 6.29. The lowest BCUT2D eigenvalue weighted by atomic mass is 9.90. The summed E-state index contributed by atoms with van der Waals surface area (Å²) in [6.07, 6.45) is 0. The van der Waals surface area contributed by atoms with Gasteiger partial charge in [-0.15, -0.1) is 0 Å². The summed E-state index contributed by atoms with van der Waals surface area (Å²) in [5.41, 5.74) is 8.60. The molecule has 1 heterocycles. The van der Waals surface area contributed by atoms with Crippen LogP contribution in [0.3, 0.4) is 0 Å². The van der Waals surface area contributed by atoms with Crippen LogP contribution < -0.4 is 0 Å². The normalized spacial score (nSPS) is 11.8. The van der Waals surface area contributed by atoms with Gasteiger partial charge in [0.05, 0.1) is 11.0 Å². The van der Waals surface area contributed by atoms with Crippen molar-refractivity contribution >= 4 is 64.9 Å². The molecular formula is C46H29N. The number of para-hydroxylation sites is 2. The van der Waals surface area contributed by atoms with Crippen LogP contribution in [-0.4, -0.2) is 4.57 Å². The van der Waals surface area contributed by atoms with Crippen molar-refractivity contribution in [3.05, 3.63) is 176 Å². The number of rotatable bonds is 3. The highest BCUT2D eigenvalue weighted by Gasteiger charge is 2.16. The van der Waals surface area contributed by atoms with Gasteiger partial charge in [-0.1, -0.05) is 127 Å². The fraction of sp³-hybridized carbons (Fsp3) is 0. The molecular weight excluding hydrogens is 567 g/mol. The van der Waals surface area contributed by atoms with Crippen LogP contribution in [0.4, 0.5) is 0 Å². The molecule has 10 rings (SSSR count). The van der Waals surface area contributed by atoms with Gasteiger partial charge in [0.15, 0.2) is 0 Å². The van der Waals surface area contributed by atoms with Gasteiger partial charge in [0.1, 0.15) is 0 Å². The molecule has 0 N–H and O–H groups in total. The second-order valence-electron chi connectivity index (χ2n) is 12.6. The molecule has 0 saturated carbocycles. The summed E-state index contributed by atoms with van der Waals surface area (Å²) in [6, 6.07) is 64.5. The second kappa shape index (κ2) is 10.2.